The monoisotopic (exact) mass is 145 g/mol. The van der Waals surface area contributed by atoms with Gasteiger partial charge in [0.1, 0.15) is 0 Å². The van der Waals surface area contributed by atoms with Crippen molar-refractivity contribution < 1.29 is 9.53 Å². The molecule has 3 nitrogen and oxygen atoms in total. The Balaban J connectivity index is 3.21. The quantitative estimate of drug-likeness (QED) is 0.627. The SMILES string of the molecule is CCOC(C)CNC(C)=O. The highest BCUT2D eigenvalue weighted by Gasteiger charge is 1.99. The largest absolute Gasteiger partial charge is 0.377 e. The van der Waals surface area contributed by atoms with Gasteiger partial charge in [-0.15, -0.1) is 0 Å². The van der Waals surface area contributed by atoms with Crippen molar-refractivity contribution in [2.45, 2.75) is 26.9 Å². The van der Waals surface area contributed by atoms with Gasteiger partial charge in [-0.3, -0.25) is 4.79 Å². The number of hydrogen-bond acceptors (Lipinski definition) is 2. The van der Waals surface area contributed by atoms with Gasteiger partial charge in [0.05, 0.1) is 6.10 Å². The molecule has 0 aromatic rings. The van der Waals surface area contributed by atoms with Crippen LogP contribution in [0.5, 0.6) is 0 Å². The zero-order chi connectivity index (χ0) is 7.98. The van der Waals surface area contributed by atoms with Crippen molar-refractivity contribution in [3.8, 4) is 0 Å². The van der Waals surface area contributed by atoms with Crippen LogP contribution in [-0.4, -0.2) is 25.2 Å². The Kier molecular flexibility index (Phi) is 4.94. The number of nitrogens with one attached hydrogen (secondary N) is 1. The third-order valence-electron chi connectivity index (χ3n) is 1.09. The summed E-state index contributed by atoms with van der Waals surface area (Å²) in [5.41, 5.74) is 0. The van der Waals surface area contributed by atoms with E-state index in [1.54, 1.807) is 0 Å². The second-order valence-electron chi connectivity index (χ2n) is 2.20. The Morgan fingerprint density at radius 2 is 2.30 bits per heavy atom. The lowest BCUT2D eigenvalue weighted by molar-refractivity contribution is -0.119. The fourth-order valence-corrected chi connectivity index (χ4v) is 0.631. The minimum Gasteiger partial charge on any atom is -0.377 e. The van der Waals surface area contributed by atoms with Gasteiger partial charge in [0.15, 0.2) is 0 Å². The Morgan fingerprint density at radius 1 is 1.70 bits per heavy atom. The second-order valence-corrected chi connectivity index (χ2v) is 2.20. The van der Waals surface area contributed by atoms with Crippen LogP contribution in [0, 0.1) is 0 Å². The molecule has 0 radical (unpaired) electrons. The van der Waals surface area contributed by atoms with E-state index in [-0.39, 0.29) is 12.0 Å². The average Bonchev–Trinajstić information content (AvgIpc) is 1.85. The van der Waals surface area contributed by atoms with Gasteiger partial charge in [0.2, 0.25) is 5.91 Å². The minimum absolute atomic E-state index is 0.00782. The molecule has 3 heteroatoms. The van der Waals surface area contributed by atoms with Gasteiger partial charge in [-0.1, -0.05) is 0 Å². The topological polar surface area (TPSA) is 38.3 Å². The molecule has 0 saturated carbocycles. The molecule has 0 heterocycles. The predicted molar refractivity (Wildman–Crippen MR) is 39.8 cm³/mol. The van der Waals surface area contributed by atoms with E-state index in [1.165, 1.54) is 6.92 Å². The number of ether oxygens (including phenoxy) is 1. The first-order valence-corrected chi connectivity index (χ1v) is 3.52. The van der Waals surface area contributed by atoms with Crippen LogP contribution >= 0.6 is 0 Å². The molecular weight excluding hydrogens is 130 g/mol. The summed E-state index contributed by atoms with van der Waals surface area (Å²) >= 11 is 0. The van der Waals surface area contributed by atoms with Crippen molar-refractivity contribution in [3.63, 3.8) is 0 Å². The molecule has 1 N–H and O–H groups in total. The third-order valence-corrected chi connectivity index (χ3v) is 1.09. The Morgan fingerprint density at radius 3 is 2.70 bits per heavy atom. The van der Waals surface area contributed by atoms with Crippen LogP contribution in [0.1, 0.15) is 20.8 Å². The molecule has 0 bridgehead atoms. The standard InChI is InChI=1S/C7H15NO2/c1-4-10-6(2)5-8-7(3)9/h6H,4-5H2,1-3H3,(H,8,9). The van der Waals surface area contributed by atoms with Gasteiger partial charge in [-0.2, -0.15) is 0 Å². The van der Waals surface area contributed by atoms with Gasteiger partial charge >= 0.3 is 0 Å². The normalized spacial score (nSPS) is 12.7. The molecule has 0 saturated heterocycles. The lowest BCUT2D eigenvalue weighted by Crippen LogP contribution is -2.30. The summed E-state index contributed by atoms with van der Waals surface area (Å²) in [5.74, 6) is -0.00782. The van der Waals surface area contributed by atoms with Crippen LogP contribution in [0.2, 0.25) is 0 Å². The number of carbonyl (C=O) groups is 1. The molecule has 1 atom stereocenters. The highest BCUT2D eigenvalue weighted by atomic mass is 16.5. The second kappa shape index (κ2) is 5.23. The molecule has 0 rings (SSSR count). The molecule has 0 aliphatic carbocycles. The number of rotatable bonds is 4. The Bertz CT molecular complexity index is 104. The molecule has 0 aliphatic heterocycles. The fourth-order valence-electron chi connectivity index (χ4n) is 0.631. The van der Waals surface area contributed by atoms with Crippen molar-refractivity contribution >= 4 is 5.91 Å². The van der Waals surface area contributed by atoms with E-state index in [0.29, 0.717) is 13.2 Å². The van der Waals surface area contributed by atoms with Gasteiger partial charge in [-0.05, 0) is 13.8 Å². The maximum atomic E-state index is 10.4. The van der Waals surface area contributed by atoms with Gasteiger partial charge in [0, 0.05) is 20.1 Å². The van der Waals surface area contributed by atoms with Crippen molar-refractivity contribution in [1.29, 1.82) is 0 Å². The minimum atomic E-state index is -0.00782. The molecule has 60 valence electrons. The lowest BCUT2D eigenvalue weighted by Gasteiger charge is -2.10. The molecule has 0 aromatic heterocycles. The summed E-state index contributed by atoms with van der Waals surface area (Å²) < 4.78 is 5.18. The van der Waals surface area contributed by atoms with E-state index in [9.17, 15) is 4.79 Å². The van der Waals surface area contributed by atoms with Crippen LogP contribution in [0.4, 0.5) is 0 Å². The molecule has 1 amide bonds. The Labute approximate surface area is 61.8 Å². The maximum Gasteiger partial charge on any atom is 0.216 e. The average molecular weight is 145 g/mol. The third kappa shape index (κ3) is 5.56. The number of amides is 1. The van der Waals surface area contributed by atoms with Crippen molar-refractivity contribution in [1.82, 2.24) is 5.32 Å². The summed E-state index contributed by atoms with van der Waals surface area (Å²) in [6.07, 6.45) is 0.119. The molecule has 0 aliphatic rings. The smallest absolute Gasteiger partial charge is 0.216 e. The van der Waals surface area contributed by atoms with Gasteiger partial charge in [0.25, 0.3) is 0 Å². The molecule has 0 spiro atoms. The van der Waals surface area contributed by atoms with E-state index in [4.69, 9.17) is 4.74 Å². The lowest BCUT2D eigenvalue weighted by atomic mass is 10.4. The van der Waals surface area contributed by atoms with Crippen LogP contribution in [0.25, 0.3) is 0 Å². The van der Waals surface area contributed by atoms with Crippen LogP contribution < -0.4 is 5.32 Å². The summed E-state index contributed by atoms with van der Waals surface area (Å²) in [7, 11) is 0. The molecule has 1 unspecified atom stereocenters. The zero-order valence-electron chi connectivity index (χ0n) is 6.81. The van der Waals surface area contributed by atoms with Crippen LogP contribution in [-0.2, 0) is 9.53 Å². The maximum absolute atomic E-state index is 10.4. The highest BCUT2D eigenvalue weighted by molar-refractivity contribution is 5.72. The first-order valence-electron chi connectivity index (χ1n) is 3.52. The molecular formula is C7H15NO2. The zero-order valence-corrected chi connectivity index (χ0v) is 6.81. The van der Waals surface area contributed by atoms with E-state index in [1.807, 2.05) is 13.8 Å². The van der Waals surface area contributed by atoms with Gasteiger partial charge < -0.3 is 10.1 Å². The van der Waals surface area contributed by atoms with Crippen LogP contribution in [0.15, 0.2) is 0 Å². The number of hydrogen-bond donors (Lipinski definition) is 1. The number of carbonyl (C=O) groups excluding carboxylic acids is 1. The summed E-state index contributed by atoms with van der Waals surface area (Å²) in [5, 5.41) is 2.67. The molecule has 0 fully saturated rings. The van der Waals surface area contributed by atoms with Crippen molar-refractivity contribution in [2.75, 3.05) is 13.2 Å². The predicted octanol–water partition coefficient (Wildman–Crippen LogP) is 0.547. The van der Waals surface area contributed by atoms with E-state index < -0.39 is 0 Å². The first-order chi connectivity index (χ1) is 4.66. The molecule has 0 aromatic carbocycles. The van der Waals surface area contributed by atoms with Crippen LogP contribution in [0.3, 0.4) is 0 Å². The summed E-state index contributed by atoms with van der Waals surface area (Å²) in [6, 6.07) is 0. The summed E-state index contributed by atoms with van der Waals surface area (Å²) in [6.45, 7) is 6.66. The van der Waals surface area contributed by atoms with Crippen molar-refractivity contribution in [2.24, 2.45) is 0 Å². The van der Waals surface area contributed by atoms with E-state index in [2.05, 4.69) is 5.32 Å². The van der Waals surface area contributed by atoms with E-state index in [0.717, 1.165) is 0 Å². The summed E-state index contributed by atoms with van der Waals surface area (Å²) in [4.78, 5) is 10.4. The first kappa shape index (κ1) is 9.43. The Hall–Kier alpha value is -0.570. The van der Waals surface area contributed by atoms with E-state index >= 15 is 0 Å². The molecule has 10 heavy (non-hydrogen) atoms. The van der Waals surface area contributed by atoms with Gasteiger partial charge in [-0.25, -0.2) is 0 Å². The van der Waals surface area contributed by atoms with Crippen molar-refractivity contribution in [3.05, 3.63) is 0 Å². The highest BCUT2D eigenvalue weighted by Crippen LogP contribution is 1.86. The fraction of sp³-hybridized carbons (Fsp3) is 0.857.